The molecule has 0 unspecified atom stereocenters. The van der Waals surface area contributed by atoms with Gasteiger partial charge in [0.25, 0.3) is 0 Å². The Morgan fingerprint density at radius 3 is 2.46 bits per heavy atom. The van der Waals surface area contributed by atoms with Crippen molar-refractivity contribution in [2.75, 3.05) is 7.11 Å². The summed E-state index contributed by atoms with van der Waals surface area (Å²) >= 11 is 7.03. The average molecular weight is 499 g/mol. The van der Waals surface area contributed by atoms with E-state index in [2.05, 4.69) is 37.9 Å². The number of allylic oxidation sites excluding steroid dienone is 1. The van der Waals surface area contributed by atoms with E-state index in [1.54, 1.807) is 7.11 Å². The van der Waals surface area contributed by atoms with Crippen LogP contribution in [-0.4, -0.2) is 7.11 Å². The lowest BCUT2D eigenvalue weighted by molar-refractivity contribution is 0.284. The van der Waals surface area contributed by atoms with Crippen molar-refractivity contribution in [3.8, 4) is 17.6 Å². The van der Waals surface area contributed by atoms with E-state index in [0.29, 0.717) is 23.7 Å². The normalized spacial score (nSPS) is 11.0. The molecule has 0 radical (unpaired) electrons. The molecule has 0 aliphatic heterocycles. The summed E-state index contributed by atoms with van der Waals surface area (Å²) in [5.74, 6) is 1.24. The molecule has 28 heavy (non-hydrogen) atoms. The number of hydrogen-bond acceptors (Lipinski definition) is 3. The maximum atomic E-state index is 9.61. The fourth-order valence-electron chi connectivity index (χ4n) is 2.66. The first kappa shape index (κ1) is 20.2. The highest BCUT2D eigenvalue weighted by molar-refractivity contribution is 9.10. The van der Waals surface area contributed by atoms with Crippen molar-refractivity contribution in [3.05, 3.63) is 92.4 Å². The number of nitrogens with zero attached hydrogens (tertiary/aromatic N) is 1. The highest BCUT2D eigenvalue weighted by Crippen LogP contribution is 2.36. The summed E-state index contributed by atoms with van der Waals surface area (Å²) in [5, 5.41) is 9.61. The first-order valence-corrected chi connectivity index (χ1v) is 10.1. The second-order valence-electron chi connectivity index (χ2n) is 5.98. The molecule has 0 aromatic heterocycles. The van der Waals surface area contributed by atoms with Gasteiger partial charge in [0, 0.05) is 8.95 Å². The molecule has 0 aliphatic rings. The van der Waals surface area contributed by atoms with Crippen molar-refractivity contribution >= 4 is 43.5 Å². The number of rotatable bonds is 6. The third-order valence-corrected chi connectivity index (χ3v) is 5.26. The monoisotopic (exact) mass is 497 g/mol. The average Bonchev–Trinajstić information content (AvgIpc) is 2.72. The molecular formula is C23H17Br2NO2. The lowest BCUT2D eigenvalue weighted by Crippen LogP contribution is -1.98. The molecule has 0 heterocycles. The van der Waals surface area contributed by atoms with E-state index >= 15 is 0 Å². The predicted octanol–water partition coefficient (Wildman–Crippen LogP) is 6.86. The first-order valence-electron chi connectivity index (χ1n) is 8.52. The molecule has 3 nitrogen and oxygen atoms in total. The minimum Gasteiger partial charge on any atom is -0.493 e. The minimum absolute atomic E-state index is 0.445. The molecule has 0 atom stereocenters. The predicted molar refractivity (Wildman–Crippen MR) is 119 cm³/mol. The van der Waals surface area contributed by atoms with Gasteiger partial charge in [-0.25, -0.2) is 0 Å². The Morgan fingerprint density at radius 2 is 1.79 bits per heavy atom. The van der Waals surface area contributed by atoms with Gasteiger partial charge in [0.1, 0.15) is 6.61 Å². The third kappa shape index (κ3) is 5.03. The van der Waals surface area contributed by atoms with E-state index in [1.807, 2.05) is 72.8 Å². The van der Waals surface area contributed by atoms with Crippen LogP contribution in [0.3, 0.4) is 0 Å². The van der Waals surface area contributed by atoms with Crippen molar-refractivity contribution < 1.29 is 9.47 Å². The topological polar surface area (TPSA) is 42.2 Å². The van der Waals surface area contributed by atoms with Gasteiger partial charge in [0.05, 0.1) is 18.8 Å². The van der Waals surface area contributed by atoms with Crippen LogP contribution in [0.1, 0.15) is 16.7 Å². The van der Waals surface area contributed by atoms with E-state index in [-0.39, 0.29) is 0 Å². The van der Waals surface area contributed by atoms with Crippen LogP contribution in [0.25, 0.3) is 11.6 Å². The number of ether oxygens (including phenoxy) is 2. The lowest BCUT2D eigenvalue weighted by Gasteiger charge is -2.13. The zero-order chi connectivity index (χ0) is 19.9. The smallest absolute Gasteiger partial charge is 0.162 e. The SMILES string of the molecule is COc1cc(C=C(C#N)c2cccc(Br)c2)c(Br)cc1OCc1ccccc1. The first-order chi connectivity index (χ1) is 13.6. The Kier molecular flexibility index (Phi) is 6.91. The zero-order valence-corrected chi connectivity index (χ0v) is 18.3. The fourth-order valence-corrected chi connectivity index (χ4v) is 3.50. The molecule has 0 saturated heterocycles. The molecule has 5 heteroatoms. The van der Waals surface area contributed by atoms with Crippen LogP contribution in [0.15, 0.2) is 75.7 Å². The van der Waals surface area contributed by atoms with Gasteiger partial charge < -0.3 is 9.47 Å². The molecular weight excluding hydrogens is 482 g/mol. The number of methoxy groups -OCH3 is 1. The van der Waals surface area contributed by atoms with Gasteiger partial charge in [0.15, 0.2) is 11.5 Å². The van der Waals surface area contributed by atoms with Crippen LogP contribution in [0.4, 0.5) is 0 Å². The van der Waals surface area contributed by atoms with Crippen LogP contribution in [0.2, 0.25) is 0 Å². The molecule has 0 spiro atoms. The third-order valence-electron chi connectivity index (χ3n) is 4.08. The van der Waals surface area contributed by atoms with E-state index in [9.17, 15) is 5.26 Å². The number of benzene rings is 3. The van der Waals surface area contributed by atoms with Crippen LogP contribution in [-0.2, 0) is 6.61 Å². The van der Waals surface area contributed by atoms with Gasteiger partial charge in [-0.3, -0.25) is 0 Å². The Hall–Kier alpha value is -2.55. The molecule has 3 aromatic rings. The molecule has 0 fully saturated rings. The molecule has 3 rings (SSSR count). The quantitative estimate of drug-likeness (QED) is 0.275. The van der Waals surface area contributed by atoms with E-state index in [4.69, 9.17) is 9.47 Å². The summed E-state index contributed by atoms with van der Waals surface area (Å²) in [5.41, 5.74) is 3.31. The van der Waals surface area contributed by atoms with E-state index < -0.39 is 0 Å². The van der Waals surface area contributed by atoms with E-state index in [1.165, 1.54) is 0 Å². The molecule has 0 bridgehead atoms. The van der Waals surface area contributed by atoms with Crippen molar-refractivity contribution in [1.29, 1.82) is 5.26 Å². The van der Waals surface area contributed by atoms with Gasteiger partial charge >= 0.3 is 0 Å². The fraction of sp³-hybridized carbons (Fsp3) is 0.0870. The van der Waals surface area contributed by atoms with Gasteiger partial charge in [-0.05, 0) is 47.0 Å². The van der Waals surface area contributed by atoms with Crippen molar-refractivity contribution in [1.82, 2.24) is 0 Å². The summed E-state index contributed by atoms with van der Waals surface area (Å²) in [6.07, 6.45) is 1.83. The summed E-state index contributed by atoms with van der Waals surface area (Å²) in [4.78, 5) is 0. The molecule has 0 N–H and O–H groups in total. The maximum Gasteiger partial charge on any atom is 0.162 e. The van der Waals surface area contributed by atoms with Crippen LogP contribution >= 0.6 is 31.9 Å². The standard InChI is InChI=1S/C23H17Br2NO2/c1-27-22-12-18(10-19(14-26)17-8-5-9-20(24)11-17)21(25)13-23(22)28-15-16-6-3-2-4-7-16/h2-13H,15H2,1H3. The van der Waals surface area contributed by atoms with Gasteiger partial charge in [-0.2, -0.15) is 5.26 Å². The Bertz CT molecular complexity index is 1040. The highest BCUT2D eigenvalue weighted by atomic mass is 79.9. The molecule has 0 saturated carbocycles. The van der Waals surface area contributed by atoms with Gasteiger partial charge in [-0.15, -0.1) is 0 Å². The lowest BCUT2D eigenvalue weighted by atomic mass is 10.0. The van der Waals surface area contributed by atoms with Crippen LogP contribution in [0.5, 0.6) is 11.5 Å². The largest absolute Gasteiger partial charge is 0.493 e. The maximum absolute atomic E-state index is 9.61. The summed E-state index contributed by atoms with van der Waals surface area (Å²) in [6, 6.07) is 23.6. The Balaban J connectivity index is 1.91. The minimum atomic E-state index is 0.445. The number of nitriles is 1. The van der Waals surface area contributed by atoms with Crippen molar-refractivity contribution in [2.24, 2.45) is 0 Å². The Morgan fingerprint density at radius 1 is 1.00 bits per heavy atom. The number of halogens is 2. The molecule has 3 aromatic carbocycles. The second kappa shape index (κ2) is 9.59. The second-order valence-corrected chi connectivity index (χ2v) is 7.75. The van der Waals surface area contributed by atoms with Crippen LogP contribution in [0, 0.1) is 11.3 Å². The Labute approximate surface area is 181 Å². The summed E-state index contributed by atoms with van der Waals surface area (Å²) in [6.45, 7) is 0.445. The number of hydrogen-bond donors (Lipinski definition) is 0. The molecule has 0 amide bonds. The summed E-state index contributed by atoms with van der Waals surface area (Å²) < 4.78 is 13.2. The van der Waals surface area contributed by atoms with E-state index in [0.717, 1.165) is 25.6 Å². The van der Waals surface area contributed by atoms with Gasteiger partial charge in [-0.1, -0.05) is 74.3 Å². The highest BCUT2D eigenvalue weighted by Gasteiger charge is 2.11. The van der Waals surface area contributed by atoms with Crippen LogP contribution < -0.4 is 9.47 Å². The van der Waals surface area contributed by atoms with Crippen molar-refractivity contribution in [3.63, 3.8) is 0 Å². The molecule has 140 valence electrons. The zero-order valence-electron chi connectivity index (χ0n) is 15.2. The van der Waals surface area contributed by atoms with Gasteiger partial charge in [0.2, 0.25) is 0 Å². The summed E-state index contributed by atoms with van der Waals surface area (Å²) in [7, 11) is 1.60. The molecule has 0 aliphatic carbocycles. The van der Waals surface area contributed by atoms with Crippen molar-refractivity contribution in [2.45, 2.75) is 6.61 Å².